The third kappa shape index (κ3) is 4.05. The Morgan fingerprint density at radius 3 is 2.81 bits per heavy atom. The Labute approximate surface area is 138 Å². The molecule has 2 aliphatic heterocycles. The van der Waals surface area contributed by atoms with Crippen LogP contribution in [0.4, 0.5) is 0 Å². The predicted molar refractivity (Wildman–Crippen MR) is 88.8 cm³/mol. The molecule has 0 aromatic carbocycles. The molecular formula is C15H21BrN2O2S. The van der Waals surface area contributed by atoms with Crippen molar-refractivity contribution >= 4 is 33.6 Å². The van der Waals surface area contributed by atoms with Gasteiger partial charge >= 0.3 is 0 Å². The molecule has 116 valence electrons. The smallest absolute Gasteiger partial charge is 0.287 e. The van der Waals surface area contributed by atoms with Gasteiger partial charge in [-0.2, -0.15) is 11.8 Å². The Balaban J connectivity index is 1.40. The molecule has 0 spiro atoms. The predicted octanol–water partition coefficient (Wildman–Crippen LogP) is 2.99. The summed E-state index contributed by atoms with van der Waals surface area (Å²) in [5.74, 6) is 3.48. The van der Waals surface area contributed by atoms with E-state index in [0.29, 0.717) is 16.3 Å². The van der Waals surface area contributed by atoms with Crippen molar-refractivity contribution in [2.45, 2.75) is 25.3 Å². The Morgan fingerprint density at radius 2 is 2.19 bits per heavy atom. The molecular weight excluding hydrogens is 352 g/mol. The number of amides is 1. The van der Waals surface area contributed by atoms with E-state index in [4.69, 9.17) is 4.42 Å². The van der Waals surface area contributed by atoms with E-state index in [-0.39, 0.29) is 5.91 Å². The lowest BCUT2D eigenvalue weighted by Gasteiger charge is -2.35. The first kappa shape index (κ1) is 15.4. The van der Waals surface area contributed by atoms with Gasteiger partial charge in [-0.1, -0.05) is 0 Å². The summed E-state index contributed by atoms with van der Waals surface area (Å²) in [7, 11) is 0. The monoisotopic (exact) mass is 372 g/mol. The Kier molecular flexibility index (Phi) is 5.29. The van der Waals surface area contributed by atoms with Crippen molar-refractivity contribution in [1.82, 2.24) is 10.2 Å². The molecule has 0 saturated carbocycles. The molecule has 3 rings (SSSR count). The molecule has 1 atom stereocenters. The number of likely N-dealkylation sites (tertiary alicyclic amines) is 1. The van der Waals surface area contributed by atoms with Crippen LogP contribution in [0.2, 0.25) is 0 Å². The van der Waals surface area contributed by atoms with E-state index in [1.807, 2.05) is 0 Å². The number of nitrogens with zero attached hydrogens (tertiary/aromatic N) is 1. The van der Waals surface area contributed by atoms with Crippen LogP contribution in [0.15, 0.2) is 21.2 Å². The molecule has 1 N–H and O–H groups in total. The zero-order valence-electron chi connectivity index (χ0n) is 12.0. The van der Waals surface area contributed by atoms with E-state index in [1.54, 1.807) is 12.1 Å². The number of thioether (sulfide) groups is 1. The Bertz CT molecular complexity index is 480. The highest BCUT2D eigenvalue weighted by Gasteiger charge is 2.27. The number of furan rings is 1. The van der Waals surface area contributed by atoms with Gasteiger partial charge in [-0.15, -0.1) is 0 Å². The molecule has 3 heterocycles. The number of nitrogens with one attached hydrogen (secondary N) is 1. The van der Waals surface area contributed by atoms with Crippen LogP contribution in [0.5, 0.6) is 0 Å². The van der Waals surface area contributed by atoms with Crippen LogP contribution in [0.1, 0.15) is 29.8 Å². The molecule has 21 heavy (non-hydrogen) atoms. The zero-order valence-corrected chi connectivity index (χ0v) is 14.4. The van der Waals surface area contributed by atoms with Gasteiger partial charge in [0.25, 0.3) is 5.91 Å². The van der Waals surface area contributed by atoms with E-state index in [1.165, 1.54) is 43.9 Å². The SMILES string of the molecule is O=C(NCC1CCN([C@H]2CCSC2)CC1)c1ccc(Br)o1. The number of hydrogen-bond donors (Lipinski definition) is 1. The van der Waals surface area contributed by atoms with Gasteiger partial charge in [-0.25, -0.2) is 0 Å². The number of hydrogen-bond acceptors (Lipinski definition) is 4. The number of piperidine rings is 1. The van der Waals surface area contributed by atoms with Crippen molar-refractivity contribution < 1.29 is 9.21 Å². The number of carbonyl (C=O) groups excluding carboxylic acids is 1. The highest BCUT2D eigenvalue weighted by Crippen LogP contribution is 2.26. The van der Waals surface area contributed by atoms with Gasteiger partial charge in [0.15, 0.2) is 10.4 Å². The van der Waals surface area contributed by atoms with E-state index >= 15 is 0 Å². The van der Waals surface area contributed by atoms with E-state index in [2.05, 4.69) is 37.9 Å². The van der Waals surface area contributed by atoms with Crippen LogP contribution in [-0.4, -0.2) is 48.0 Å². The first-order valence-electron chi connectivity index (χ1n) is 7.57. The summed E-state index contributed by atoms with van der Waals surface area (Å²) >= 11 is 5.29. The van der Waals surface area contributed by atoms with Crippen molar-refractivity contribution in [3.8, 4) is 0 Å². The van der Waals surface area contributed by atoms with Crippen molar-refractivity contribution in [3.05, 3.63) is 22.6 Å². The van der Waals surface area contributed by atoms with Crippen LogP contribution in [-0.2, 0) is 0 Å². The second kappa shape index (κ2) is 7.20. The molecule has 0 radical (unpaired) electrons. The largest absolute Gasteiger partial charge is 0.444 e. The number of carbonyl (C=O) groups is 1. The quantitative estimate of drug-likeness (QED) is 0.882. The molecule has 0 aliphatic carbocycles. The van der Waals surface area contributed by atoms with Crippen molar-refractivity contribution in [3.63, 3.8) is 0 Å². The first-order valence-corrected chi connectivity index (χ1v) is 9.52. The average Bonchev–Trinajstić information content (AvgIpc) is 3.16. The maximum atomic E-state index is 11.9. The lowest BCUT2D eigenvalue weighted by Crippen LogP contribution is -2.43. The normalized spacial score (nSPS) is 24.3. The van der Waals surface area contributed by atoms with Crippen LogP contribution in [0, 0.1) is 5.92 Å². The van der Waals surface area contributed by atoms with Crippen LogP contribution < -0.4 is 5.32 Å². The topological polar surface area (TPSA) is 45.5 Å². The minimum atomic E-state index is -0.115. The third-order valence-corrected chi connectivity index (χ3v) is 5.99. The first-order chi connectivity index (χ1) is 10.2. The molecule has 0 unspecified atom stereocenters. The lowest BCUT2D eigenvalue weighted by atomic mass is 9.95. The minimum absolute atomic E-state index is 0.115. The molecule has 2 aliphatic rings. The van der Waals surface area contributed by atoms with Crippen molar-refractivity contribution in [2.24, 2.45) is 5.92 Å². The molecule has 2 fully saturated rings. The van der Waals surface area contributed by atoms with E-state index in [0.717, 1.165) is 12.6 Å². The fraction of sp³-hybridized carbons (Fsp3) is 0.667. The molecule has 0 bridgehead atoms. The standard InChI is InChI=1S/C15H21BrN2O2S/c16-14-2-1-13(20-14)15(19)17-9-11-3-6-18(7-4-11)12-5-8-21-10-12/h1-2,11-12H,3-10H2,(H,17,19)/t12-/m0/s1. The second-order valence-electron chi connectivity index (χ2n) is 5.81. The van der Waals surface area contributed by atoms with Crippen LogP contribution >= 0.6 is 27.7 Å². The Hall–Kier alpha value is -0.460. The highest BCUT2D eigenvalue weighted by molar-refractivity contribution is 9.10. The van der Waals surface area contributed by atoms with Crippen LogP contribution in [0.3, 0.4) is 0 Å². The number of rotatable bonds is 4. The minimum Gasteiger partial charge on any atom is -0.444 e. The van der Waals surface area contributed by atoms with Gasteiger partial charge in [0, 0.05) is 18.3 Å². The van der Waals surface area contributed by atoms with Gasteiger partial charge in [0.1, 0.15) is 0 Å². The van der Waals surface area contributed by atoms with Crippen molar-refractivity contribution in [1.29, 1.82) is 0 Å². The summed E-state index contributed by atoms with van der Waals surface area (Å²) in [6, 6.07) is 4.23. The summed E-state index contributed by atoms with van der Waals surface area (Å²) in [6.07, 6.45) is 3.71. The maximum absolute atomic E-state index is 11.9. The van der Waals surface area contributed by atoms with Crippen LogP contribution in [0.25, 0.3) is 0 Å². The fourth-order valence-corrected chi connectivity index (χ4v) is 4.65. The molecule has 1 aromatic rings. The number of halogens is 1. The van der Waals surface area contributed by atoms with Gasteiger partial charge in [0.05, 0.1) is 0 Å². The third-order valence-electron chi connectivity index (χ3n) is 4.42. The maximum Gasteiger partial charge on any atom is 0.287 e. The van der Waals surface area contributed by atoms with E-state index in [9.17, 15) is 4.79 Å². The lowest BCUT2D eigenvalue weighted by molar-refractivity contribution is 0.0900. The summed E-state index contributed by atoms with van der Waals surface area (Å²) in [4.78, 5) is 14.6. The molecule has 1 aromatic heterocycles. The second-order valence-corrected chi connectivity index (χ2v) is 7.74. The van der Waals surface area contributed by atoms with E-state index < -0.39 is 0 Å². The summed E-state index contributed by atoms with van der Waals surface area (Å²) in [6.45, 7) is 3.11. The van der Waals surface area contributed by atoms with Crippen molar-refractivity contribution in [2.75, 3.05) is 31.1 Å². The van der Waals surface area contributed by atoms with Gasteiger partial charge in [-0.3, -0.25) is 9.69 Å². The highest BCUT2D eigenvalue weighted by atomic mass is 79.9. The van der Waals surface area contributed by atoms with Gasteiger partial charge < -0.3 is 9.73 Å². The van der Waals surface area contributed by atoms with Gasteiger partial charge in [-0.05, 0) is 72.1 Å². The summed E-state index contributed by atoms with van der Waals surface area (Å²) in [5.41, 5.74) is 0. The molecule has 6 heteroatoms. The summed E-state index contributed by atoms with van der Waals surface area (Å²) < 4.78 is 5.86. The fourth-order valence-electron chi connectivity index (χ4n) is 3.09. The average molecular weight is 373 g/mol. The molecule has 4 nitrogen and oxygen atoms in total. The zero-order chi connectivity index (χ0) is 14.7. The summed E-state index contributed by atoms with van der Waals surface area (Å²) in [5, 5.41) is 2.99. The van der Waals surface area contributed by atoms with Gasteiger partial charge in [0.2, 0.25) is 0 Å². The Morgan fingerprint density at radius 1 is 1.38 bits per heavy atom. The molecule has 2 saturated heterocycles. The molecule has 1 amide bonds.